The smallest absolute Gasteiger partial charge is 0.372 e. The van der Waals surface area contributed by atoms with Crippen LogP contribution in [0.2, 0.25) is 0 Å². The maximum Gasteiger partial charge on any atom is 0.411 e. The monoisotopic (exact) mass is 301 g/mol. The van der Waals surface area contributed by atoms with E-state index in [-0.39, 0.29) is 11.6 Å². The van der Waals surface area contributed by atoms with Crippen LogP contribution >= 0.6 is 0 Å². The normalized spacial score (nSPS) is 12.9. The van der Waals surface area contributed by atoms with Crippen LogP contribution in [0, 0.1) is 6.92 Å². The van der Waals surface area contributed by atoms with Gasteiger partial charge < -0.3 is 9.30 Å². The Bertz CT molecular complexity index is 525. The van der Waals surface area contributed by atoms with Crippen molar-refractivity contribution < 1.29 is 26.3 Å². The molecule has 0 unspecified atom stereocenters. The van der Waals surface area contributed by atoms with Gasteiger partial charge in [0.05, 0.1) is 0 Å². The molecule has 110 valence electrons. The SMILES string of the molecule is Cc1nc(S(N)(=O)=O)cn1CCCOCC(F)(F)F. The molecule has 1 aromatic heterocycles. The molecule has 1 rings (SSSR count). The van der Waals surface area contributed by atoms with Crippen LogP contribution in [0.4, 0.5) is 13.2 Å². The maximum absolute atomic E-state index is 11.8. The van der Waals surface area contributed by atoms with E-state index in [0.717, 1.165) is 0 Å². The van der Waals surface area contributed by atoms with Crippen LogP contribution in [-0.4, -0.2) is 37.4 Å². The minimum absolute atomic E-state index is 0.0815. The Labute approximate surface area is 108 Å². The van der Waals surface area contributed by atoms with Crippen molar-refractivity contribution in [2.24, 2.45) is 5.14 Å². The lowest BCUT2D eigenvalue weighted by atomic mass is 10.4. The number of nitrogens with two attached hydrogens (primary N) is 1. The lowest BCUT2D eigenvalue weighted by molar-refractivity contribution is -0.174. The maximum atomic E-state index is 11.8. The van der Waals surface area contributed by atoms with Gasteiger partial charge in [-0.2, -0.15) is 13.2 Å². The number of sulfonamides is 1. The van der Waals surface area contributed by atoms with E-state index in [1.807, 2.05) is 0 Å². The summed E-state index contributed by atoms with van der Waals surface area (Å²) in [6, 6.07) is 0. The van der Waals surface area contributed by atoms with Gasteiger partial charge in [0, 0.05) is 19.3 Å². The number of aryl methyl sites for hydroxylation is 2. The van der Waals surface area contributed by atoms with Crippen LogP contribution < -0.4 is 5.14 Å². The molecule has 6 nitrogen and oxygen atoms in total. The van der Waals surface area contributed by atoms with E-state index in [1.54, 1.807) is 6.92 Å². The molecule has 0 aromatic carbocycles. The first-order valence-corrected chi connectivity index (χ1v) is 6.85. The predicted molar refractivity (Wildman–Crippen MR) is 59.8 cm³/mol. The number of halogens is 3. The number of rotatable bonds is 6. The minimum atomic E-state index is -4.34. The Morgan fingerprint density at radius 2 is 2.11 bits per heavy atom. The zero-order chi connectivity index (χ0) is 14.7. The van der Waals surface area contributed by atoms with Gasteiger partial charge in [0.2, 0.25) is 0 Å². The number of primary sulfonamides is 1. The van der Waals surface area contributed by atoms with Crippen molar-refractivity contribution >= 4 is 10.0 Å². The van der Waals surface area contributed by atoms with Gasteiger partial charge in [0.25, 0.3) is 10.0 Å². The third kappa shape index (κ3) is 5.57. The van der Waals surface area contributed by atoms with Gasteiger partial charge in [-0.1, -0.05) is 0 Å². The van der Waals surface area contributed by atoms with E-state index in [2.05, 4.69) is 9.72 Å². The molecular weight excluding hydrogens is 287 g/mol. The molecular formula is C9H14F3N3O3S. The van der Waals surface area contributed by atoms with Crippen molar-refractivity contribution in [1.82, 2.24) is 9.55 Å². The second-order valence-electron chi connectivity index (χ2n) is 3.89. The Hall–Kier alpha value is -1.13. The molecule has 1 aromatic rings. The highest BCUT2D eigenvalue weighted by Gasteiger charge is 2.27. The van der Waals surface area contributed by atoms with Crippen molar-refractivity contribution in [3.8, 4) is 0 Å². The average Bonchev–Trinajstić information content (AvgIpc) is 2.57. The molecule has 0 aliphatic carbocycles. The molecule has 0 aliphatic rings. The molecule has 0 saturated heterocycles. The first-order valence-electron chi connectivity index (χ1n) is 5.30. The zero-order valence-corrected chi connectivity index (χ0v) is 11.0. The van der Waals surface area contributed by atoms with Crippen LogP contribution in [0.5, 0.6) is 0 Å². The van der Waals surface area contributed by atoms with Crippen molar-refractivity contribution in [2.45, 2.75) is 31.1 Å². The molecule has 0 aliphatic heterocycles. The van der Waals surface area contributed by atoms with Gasteiger partial charge in [0.15, 0.2) is 5.03 Å². The number of ether oxygens (including phenoxy) is 1. The van der Waals surface area contributed by atoms with Crippen LogP contribution in [0.15, 0.2) is 11.2 Å². The molecule has 1 heterocycles. The summed E-state index contributed by atoms with van der Waals surface area (Å²) in [5.74, 6) is 0.417. The number of alkyl halides is 3. The second kappa shape index (κ2) is 5.88. The molecule has 0 atom stereocenters. The van der Waals surface area contributed by atoms with E-state index in [9.17, 15) is 21.6 Å². The fourth-order valence-corrected chi connectivity index (χ4v) is 1.90. The Morgan fingerprint density at radius 1 is 1.47 bits per heavy atom. The lowest BCUT2D eigenvalue weighted by Gasteiger charge is -2.08. The first kappa shape index (κ1) is 15.9. The third-order valence-electron chi connectivity index (χ3n) is 2.20. The summed E-state index contributed by atoms with van der Waals surface area (Å²) < 4.78 is 63.4. The molecule has 0 spiro atoms. The molecule has 0 bridgehead atoms. The fraction of sp³-hybridized carbons (Fsp3) is 0.667. The molecule has 10 heteroatoms. The largest absolute Gasteiger partial charge is 0.411 e. The minimum Gasteiger partial charge on any atom is -0.372 e. The van der Waals surface area contributed by atoms with Gasteiger partial charge in [-0.15, -0.1) is 0 Å². The van der Waals surface area contributed by atoms with Gasteiger partial charge in [-0.3, -0.25) is 0 Å². The Kier molecular flexibility index (Phi) is 4.93. The summed E-state index contributed by atoms with van der Waals surface area (Å²) in [7, 11) is -3.87. The van der Waals surface area contributed by atoms with Gasteiger partial charge >= 0.3 is 6.18 Å². The average molecular weight is 301 g/mol. The fourth-order valence-electron chi connectivity index (χ4n) is 1.37. The summed E-state index contributed by atoms with van der Waals surface area (Å²) >= 11 is 0. The third-order valence-corrected chi connectivity index (χ3v) is 2.98. The summed E-state index contributed by atoms with van der Waals surface area (Å²) in [6.07, 6.45) is -2.79. The van der Waals surface area contributed by atoms with Crippen LogP contribution in [0.1, 0.15) is 12.2 Å². The van der Waals surface area contributed by atoms with Gasteiger partial charge in [-0.05, 0) is 13.3 Å². The van der Waals surface area contributed by atoms with Crippen LogP contribution in [0.3, 0.4) is 0 Å². The molecule has 0 amide bonds. The van der Waals surface area contributed by atoms with Crippen LogP contribution in [-0.2, 0) is 21.3 Å². The highest BCUT2D eigenvalue weighted by Crippen LogP contribution is 2.14. The topological polar surface area (TPSA) is 87.2 Å². The number of imidazole rings is 1. The molecule has 2 N–H and O–H groups in total. The van der Waals surface area contributed by atoms with Gasteiger partial charge in [0.1, 0.15) is 12.4 Å². The summed E-state index contributed by atoms with van der Waals surface area (Å²) in [5, 5.41) is 4.65. The Morgan fingerprint density at radius 3 is 2.58 bits per heavy atom. The van der Waals surface area contributed by atoms with Crippen molar-refractivity contribution in [3.05, 3.63) is 12.0 Å². The van der Waals surface area contributed by atoms with E-state index in [1.165, 1.54) is 10.8 Å². The second-order valence-corrected chi connectivity index (χ2v) is 5.39. The quantitative estimate of drug-likeness (QED) is 0.788. The number of nitrogens with zero attached hydrogens (tertiary/aromatic N) is 2. The molecule has 0 fully saturated rings. The zero-order valence-electron chi connectivity index (χ0n) is 10.1. The van der Waals surface area contributed by atoms with Crippen LogP contribution in [0.25, 0.3) is 0 Å². The highest BCUT2D eigenvalue weighted by molar-refractivity contribution is 7.89. The van der Waals surface area contributed by atoms with E-state index >= 15 is 0 Å². The predicted octanol–water partition coefficient (Wildman–Crippen LogP) is 0.808. The Balaban J connectivity index is 2.44. The van der Waals surface area contributed by atoms with Crippen molar-refractivity contribution in [1.29, 1.82) is 0 Å². The summed E-state index contributed by atoms with van der Waals surface area (Å²) in [6.45, 7) is 0.498. The van der Waals surface area contributed by atoms with E-state index in [4.69, 9.17) is 5.14 Å². The lowest BCUT2D eigenvalue weighted by Crippen LogP contribution is -2.17. The molecule has 0 saturated carbocycles. The van der Waals surface area contributed by atoms with Crippen molar-refractivity contribution in [3.63, 3.8) is 0 Å². The number of hydrogen-bond acceptors (Lipinski definition) is 4. The van der Waals surface area contributed by atoms with Gasteiger partial charge in [-0.25, -0.2) is 18.5 Å². The standard InChI is InChI=1S/C9H14F3N3O3S/c1-7-14-8(19(13,16)17)5-15(7)3-2-4-18-6-9(10,11)12/h5H,2-4,6H2,1H3,(H2,13,16,17). The molecule has 19 heavy (non-hydrogen) atoms. The summed E-state index contributed by atoms with van der Waals surface area (Å²) in [5.41, 5.74) is 0. The van der Waals surface area contributed by atoms with E-state index < -0.39 is 22.8 Å². The molecule has 0 radical (unpaired) electrons. The van der Waals surface area contributed by atoms with E-state index in [0.29, 0.717) is 18.8 Å². The summed E-state index contributed by atoms with van der Waals surface area (Å²) in [4.78, 5) is 3.75. The highest BCUT2D eigenvalue weighted by atomic mass is 32.2. The number of hydrogen-bond donors (Lipinski definition) is 1. The first-order chi connectivity index (χ1) is 8.59. The number of aromatic nitrogens is 2. The van der Waals surface area contributed by atoms with Crippen molar-refractivity contribution in [2.75, 3.05) is 13.2 Å².